The SMILES string of the molecule is CC(C)(N)C(=O)N[C@H](Cc1c[nH]c2ccccc12)C(=O)N1CCCC2(CCc3ccccc3O2)C1. The van der Waals surface area contributed by atoms with E-state index in [1.165, 1.54) is 5.56 Å². The second-order valence-electron chi connectivity index (χ2n) is 10.6. The molecule has 7 heteroatoms. The van der Waals surface area contributed by atoms with Crippen molar-refractivity contribution in [3.8, 4) is 5.75 Å². The third kappa shape index (κ3) is 4.78. The molecular weight excluding hydrogens is 440 g/mol. The summed E-state index contributed by atoms with van der Waals surface area (Å²) in [5, 5.41) is 4.00. The highest BCUT2D eigenvalue weighted by atomic mass is 16.5. The van der Waals surface area contributed by atoms with E-state index in [0.717, 1.165) is 47.9 Å². The summed E-state index contributed by atoms with van der Waals surface area (Å²) >= 11 is 0. The first kappa shape index (κ1) is 23.4. The molecule has 7 nitrogen and oxygen atoms in total. The zero-order chi connectivity index (χ0) is 24.6. The van der Waals surface area contributed by atoms with Gasteiger partial charge in [0.1, 0.15) is 17.4 Å². The van der Waals surface area contributed by atoms with Gasteiger partial charge in [-0.05, 0) is 62.8 Å². The number of amides is 2. The lowest BCUT2D eigenvalue weighted by atomic mass is 9.84. The molecule has 184 valence electrons. The van der Waals surface area contributed by atoms with Crippen molar-refractivity contribution in [3.05, 3.63) is 65.9 Å². The van der Waals surface area contributed by atoms with Gasteiger partial charge in [-0.3, -0.25) is 9.59 Å². The van der Waals surface area contributed by atoms with Crippen LogP contribution in [-0.4, -0.2) is 52.0 Å². The van der Waals surface area contributed by atoms with E-state index in [9.17, 15) is 9.59 Å². The maximum absolute atomic E-state index is 13.9. The molecule has 1 saturated heterocycles. The first-order valence-electron chi connectivity index (χ1n) is 12.4. The van der Waals surface area contributed by atoms with Gasteiger partial charge in [-0.25, -0.2) is 0 Å². The number of nitrogens with zero attached hydrogens (tertiary/aromatic N) is 1. The maximum Gasteiger partial charge on any atom is 0.245 e. The van der Waals surface area contributed by atoms with Gasteiger partial charge in [0.2, 0.25) is 11.8 Å². The van der Waals surface area contributed by atoms with Gasteiger partial charge in [0, 0.05) is 30.1 Å². The molecule has 4 N–H and O–H groups in total. The summed E-state index contributed by atoms with van der Waals surface area (Å²) in [4.78, 5) is 31.9. The Hall–Kier alpha value is -3.32. The van der Waals surface area contributed by atoms with Gasteiger partial charge in [-0.1, -0.05) is 36.4 Å². The Balaban J connectivity index is 1.39. The molecule has 5 rings (SSSR count). The molecule has 2 aromatic carbocycles. The second kappa shape index (κ2) is 9.04. The van der Waals surface area contributed by atoms with E-state index in [-0.39, 0.29) is 17.4 Å². The Morgan fingerprint density at radius 3 is 2.77 bits per heavy atom. The fraction of sp³-hybridized carbons (Fsp3) is 0.429. The van der Waals surface area contributed by atoms with E-state index in [2.05, 4.69) is 16.4 Å². The number of hydrogen-bond acceptors (Lipinski definition) is 4. The van der Waals surface area contributed by atoms with Gasteiger partial charge < -0.3 is 25.7 Å². The van der Waals surface area contributed by atoms with Crippen LogP contribution in [0.3, 0.4) is 0 Å². The summed E-state index contributed by atoms with van der Waals surface area (Å²) in [5.74, 6) is 0.487. The van der Waals surface area contributed by atoms with E-state index in [1.807, 2.05) is 53.6 Å². The zero-order valence-electron chi connectivity index (χ0n) is 20.5. The van der Waals surface area contributed by atoms with Gasteiger partial charge in [0.15, 0.2) is 0 Å². The Kier molecular flexibility index (Phi) is 6.05. The number of hydrogen-bond donors (Lipinski definition) is 3. The molecule has 1 aromatic heterocycles. The number of aromatic nitrogens is 1. The molecular formula is C28H34N4O3. The summed E-state index contributed by atoms with van der Waals surface area (Å²) in [6.07, 6.45) is 5.91. The van der Waals surface area contributed by atoms with Gasteiger partial charge >= 0.3 is 0 Å². The number of aromatic amines is 1. The van der Waals surface area contributed by atoms with Gasteiger partial charge in [-0.15, -0.1) is 0 Å². The van der Waals surface area contributed by atoms with Gasteiger partial charge in [0.25, 0.3) is 0 Å². The minimum absolute atomic E-state index is 0.0885. The molecule has 2 atom stereocenters. The van der Waals surface area contributed by atoms with Crippen LogP contribution in [0.15, 0.2) is 54.7 Å². The van der Waals surface area contributed by atoms with E-state index in [1.54, 1.807) is 13.8 Å². The lowest BCUT2D eigenvalue weighted by Gasteiger charge is -2.46. The molecule has 3 aromatic rings. The van der Waals surface area contributed by atoms with Crippen LogP contribution < -0.4 is 15.8 Å². The minimum Gasteiger partial charge on any atom is -0.485 e. The van der Waals surface area contributed by atoms with Crippen LogP contribution in [0.1, 0.15) is 44.2 Å². The van der Waals surface area contributed by atoms with E-state index in [0.29, 0.717) is 19.5 Å². The van der Waals surface area contributed by atoms with Gasteiger partial charge in [0.05, 0.1) is 12.1 Å². The number of piperidine rings is 1. The number of fused-ring (bicyclic) bond motifs is 2. The normalized spacial score (nSPS) is 20.8. The number of ether oxygens (including phenoxy) is 1. The van der Waals surface area contributed by atoms with Crippen LogP contribution in [0, 0.1) is 0 Å². The number of H-pyrrole nitrogens is 1. The van der Waals surface area contributed by atoms with Gasteiger partial charge in [-0.2, -0.15) is 0 Å². The predicted octanol–water partition coefficient (Wildman–Crippen LogP) is 3.32. The molecule has 0 bridgehead atoms. The third-order valence-corrected chi connectivity index (χ3v) is 7.29. The highest BCUT2D eigenvalue weighted by molar-refractivity contribution is 5.92. The molecule has 0 aliphatic carbocycles. The maximum atomic E-state index is 13.9. The minimum atomic E-state index is -1.09. The van der Waals surface area contributed by atoms with E-state index >= 15 is 0 Å². The van der Waals surface area contributed by atoms with E-state index < -0.39 is 11.6 Å². The Bertz CT molecular complexity index is 1240. The van der Waals surface area contributed by atoms with E-state index in [4.69, 9.17) is 10.5 Å². The summed E-state index contributed by atoms with van der Waals surface area (Å²) in [6, 6.07) is 15.4. The summed E-state index contributed by atoms with van der Waals surface area (Å²) in [7, 11) is 0. The van der Waals surface area contributed by atoms with Crippen LogP contribution in [0.2, 0.25) is 0 Å². The van der Waals surface area contributed by atoms with Crippen LogP contribution >= 0.6 is 0 Å². The topological polar surface area (TPSA) is 100 Å². The van der Waals surface area contributed by atoms with Crippen LogP contribution in [-0.2, 0) is 22.4 Å². The molecule has 2 amide bonds. The van der Waals surface area contributed by atoms with Crippen LogP contribution in [0.5, 0.6) is 5.75 Å². The molecule has 2 aliphatic heterocycles. The number of rotatable bonds is 5. The number of aryl methyl sites for hydroxylation is 1. The lowest BCUT2D eigenvalue weighted by Crippen LogP contribution is -2.61. The first-order valence-corrected chi connectivity index (χ1v) is 12.4. The fourth-order valence-electron chi connectivity index (χ4n) is 5.32. The Morgan fingerprint density at radius 1 is 1.17 bits per heavy atom. The molecule has 3 heterocycles. The monoisotopic (exact) mass is 474 g/mol. The average Bonchev–Trinajstić information content (AvgIpc) is 3.25. The molecule has 0 radical (unpaired) electrons. The summed E-state index contributed by atoms with van der Waals surface area (Å²) in [6.45, 7) is 4.47. The number of nitrogens with one attached hydrogen (secondary N) is 2. The standard InChI is InChI=1S/C28H34N4O3/c1-27(2,29)26(34)31-23(16-20-17-30-22-10-5-4-9-21(20)22)25(33)32-15-7-13-28(18-32)14-12-19-8-3-6-11-24(19)35-28/h3-6,8-11,17,23,30H,7,12-16,18,29H2,1-2H3,(H,31,34)/t23-,28?/m1/s1. The van der Waals surface area contributed by atoms with Crippen molar-refractivity contribution in [2.75, 3.05) is 13.1 Å². The largest absolute Gasteiger partial charge is 0.485 e. The summed E-state index contributed by atoms with van der Waals surface area (Å²) < 4.78 is 6.51. The quantitative estimate of drug-likeness (QED) is 0.528. The highest BCUT2D eigenvalue weighted by Gasteiger charge is 2.43. The van der Waals surface area contributed by atoms with Crippen molar-refractivity contribution in [1.29, 1.82) is 0 Å². The Morgan fingerprint density at radius 2 is 1.94 bits per heavy atom. The predicted molar refractivity (Wildman–Crippen MR) is 136 cm³/mol. The van der Waals surface area contributed by atoms with Crippen molar-refractivity contribution >= 4 is 22.7 Å². The van der Waals surface area contributed by atoms with Crippen LogP contribution in [0.4, 0.5) is 0 Å². The lowest BCUT2D eigenvalue weighted by molar-refractivity contribution is -0.142. The van der Waals surface area contributed by atoms with Crippen molar-refractivity contribution in [2.24, 2.45) is 5.73 Å². The number of carbonyl (C=O) groups is 2. The molecule has 1 fully saturated rings. The molecule has 1 spiro atoms. The molecule has 0 saturated carbocycles. The summed E-state index contributed by atoms with van der Waals surface area (Å²) in [5.41, 5.74) is 7.81. The number of nitrogens with two attached hydrogens (primary N) is 1. The van der Waals surface area contributed by atoms with Crippen molar-refractivity contribution in [1.82, 2.24) is 15.2 Å². The zero-order valence-corrected chi connectivity index (χ0v) is 20.5. The number of likely N-dealkylation sites (tertiary alicyclic amines) is 1. The van der Waals surface area contributed by atoms with Crippen molar-refractivity contribution < 1.29 is 14.3 Å². The fourth-order valence-corrected chi connectivity index (χ4v) is 5.32. The average molecular weight is 475 g/mol. The second-order valence-corrected chi connectivity index (χ2v) is 10.6. The van der Waals surface area contributed by atoms with Crippen molar-refractivity contribution in [2.45, 2.75) is 63.1 Å². The van der Waals surface area contributed by atoms with Crippen molar-refractivity contribution in [3.63, 3.8) is 0 Å². The number of benzene rings is 2. The number of carbonyl (C=O) groups excluding carboxylic acids is 2. The molecule has 35 heavy (non-hydrogen) atoms. The first-order chi connectivity index (χ1) is 16.7. The Labute approximate surface area is 206 Å². The molecule has 2 aliphatic rings. The van der Waals surface area contributed by atoms with Crippen LogP contribution in [0.25, 0.3) is 10.9 Å². The molecule has 1 unspecified atom stereocenters. The smallest absolute Gasteiger partial charge is 0.245 e. The third-order valence-electron chi connectivity index (χ3n) is 7.29. The highest BCUT2D eigenvalue weighted by Crippen LogP contribution is 2.38. The number of para-hydroxylation sites is 2.